The summed E-state index contributed by atoms with van der Waals surface area (Å²) in [5.41, 5.74) is 1.65. The fourth-order valence-corrected chi connectivity index (χ4v) is 1.89. The minimum absolute atomic E-state index is 0.0276. The fraction of sp³-hybridized carbons (Fsp3) is 0.529. The average Bonchev–Trinajstić information content (AvgIpc) is 2.36. The van der Waals surface area contributed by atoms with E-state index >= 15 is 0 Å². The first-order valence-corrected chi connectivity index (χ1v) is 7.29. The zero-order chi connectivity index (χ0) is 16.0. The number of aliphatic carboxylic acids is 1. The van der Waals surface area contributed by atoms with Crippen LogP contribution in [0.2, 0.25) is 0 Å². The molecule has 0 aliphatic rings. The lowest BCUT2D eigenvalue weighted by Gasteiger charge is -2.26. The van der Waals surface area contributed by atoms with Gasteiger partial charge in [-0.25, -0.2) is 0 Å². The van der Waals surface area contributed by atoms with E-state index in [0.717, 1.165) is 5.56 Å². The summed E-state index contributed by atoms with van der Waals surface area (Å²) in [6, 6.07) is 7.36. The van der Waals surface area contributed by atoms with Crippen LogP contribution in [0.1, 0.15) is 46.1 Å². The lowest BCUT2D eigenvalue weighted by atomic mass is 9.80. The summed E-state index contributed by atoms with van der Waals surface area (Å²) >= 11 is 0. The van der Waals surface area contributed by atoms with Crippen LogP contribution in [0.15, 0.2) is 24.3 Å². The van der Waals surface area contributed by atoms with E-state index in [4.69, 9.17) is 5.11 Å². The molecule has 21 heavy (non-hydrogen) atoms. The van der Waals surface area contributed by atoms with E-state index in [-0.39, 0.29) is 23.7 Å². The maximum absolute atomic E-state index is 12.1. The van der Waals surface area contributed by atoms with Crippen LogP contribution in [0, 0.1) is 11.3 Å². The van der Waals surface area contributed by atoms with Crippen LogP contribution in [0.4, 0.5) is 5.69 Å². The standard InChI is InChI=1S/C17H25NO3/c1-12(17(2,3)4)11-15(19)18-14-8-6-5-7-13(14)9-10-16(20)21/h5-8,12H,9-11H2,1-4H3,(H,18,19)(H,20,21). The summed E-state index contributed by atoms with van der Waals surface area (Å²) in [4.78, 5) is 22.8. The molecule has 4 nitrogen and oxygen atoms in total. The smallest absolute Gasteiger partial charge is 0.303 e. The third-order valence-corrected chi connectivity index (χ3v) is 3.87. The molecule has 0 saturated heterocycles. The molecule has 0 radical (unpaired) electrons. The van der Waals surface area contributed by atoms with Gasteiger partial charge >= 0.3 is 5.97 Å². The van der Waals surface area contributed by atoms with Gasteiger partial charge in [0.25, 0.3) is 0 Å². The monoisotopic (exact) mass is 291 g/mol. The van der Waals surface area contributed by atoms with E-state index in [1.807, 2.05) is 24.3 Å². The van der Waals surface area contributed by atoms with Crippen LogP contribution < -0.4 is 5.32 Å². The Balaban J connectivity index is 2.70. The summed E-state index contributed by atoms with van der Waals surface area (Å²) in [7, 11) is 0. The maximum atomic E-state index is 12.1. The van der Waals surface area contributed by atoms with Crippen molar-refractivity contribution in [2.75, 3.05) is 5.32 Å². The van der Waals surface area contributed by atoms with Gasteiger partial charge in [-0.3, -0.25) is 9.59 Å². The molecule has 0 spiro atoms. The molecule has 1 unspecified atom stereocenters. The Morgan fingerprint density at radius 1 is 1.24 bits per heavy atom. The highest BCUT2D eigenvalue weighted by Crippen LogP contribution is 2.28. The number of benzene rings is 1. The van der Waals surface area contributed by atoms with Crippen molar-refractivity contribution >= 4 is 17.6 Å². The van der Waals surface area contributed by atoms with Gasteiger partial charge in [-0.2, -0.15) is 0 Å². The summed E-state index contributed by atoms with van der Waals surface area (Å²) < 4.78 is 0. The summed E-state index contributed by atoms with van der Waals surface area (Å²) in [5, 5.41) is 11.7. The van der Waals surface area contributed by atoms with Crippen LogP contribution in [0.5, 0.6) is 0 Å². The van der Waals surface area contributed by atoms with Gasteiger partial charge in [0.2, 0.25) is 5.91 Å². The van der Waals surface area contributed by atoms with E-state index in [0.29, 0.717) is 18.5 Å². The molecule has 4 heteroatoms. The van der Waals surface area contributed by atoms with Gasteiger partial charge in [0.15, 0.2) is 0 Å². The Morgan fingerprint density at radius 2 is 1.86 bits per heavy atom. The van der Waals surface area contributed by atoms with E-state index in [2.05, 4.69) is 33.0 Å². The third kappa shape index (κ3) is 5.98. The number of aryl methyl sites for hydroxylation is 1. The van der Waals surface area contributed by atoms with E-state index in [9.17, 15) is 9.59 Å². The maximum Gasteiger partial charge on any atom is 0.303 e. The molecule has 116 valence electrons. The van der Waals surface area contributed by atoms with Crippen LogP contribution in [0.25, 0.3) is 0 Å². The Labute approximate surface area is 126 Å². The molecule has 0 aromatic heterocycles. The Kier molecular flexibility index (Phi) is 5.94. The minimum atomic E-state index is -0.836. The molecule has 1 aromatic carbocycles. The summed E-state index contributed by atoms with van der Waals surface area (Å²) in [5.74, 6) is -0.596. The molecule has 1 rings (SSSR count). The first kappa shape index (κ1) is 17.2. The van der Waals surface area contributed by atoms with Crippen molar-refractivity contribution in [3.8, 4) is 0 Å². The normalized spacial score (nSPS) is 12.8. The van der Waals surface area contributed by atoms with Crippen molar-refractivity contribution in [3.05, 3.63) is 29.8 Å². The van der Waals surface area contributed by atoms with Gasteiger partial charge in [-0.15, -0.1) is 0 Å². The van der Waals surface area contributed by atoms with Crippen molar-refractivity contribution < 1.29 is 14.7 Å². The zero-order valence-corrected chi connectivity index (χ0v) is 13.3. The molecule has 2 N–H and O–H groups in total. The number of carboxylic acids is 1. The van der Waals surface area contributed by atoms with Crippen LogP contribution in [-0.2, 0) is 16.0 Å². The predicted molar refractivity (Wildman–Crippen MR) is 84.3 cm³/mol. The number of carbonyl (C=O) groups is 2. The Hall–Kier alpha value is -1.84. The quantitative estimate of drug-likeness (QED) is 0.839. The van der Waals surface area contributed by atoms with E-state index in [1.165, 1.54) is 0 Å². The topological polar surface area (TPSA) is 66.4 Å². The second kappa shape index (κ2) is 7.25. The second-order valence-electron chi connectivity index (χ2n) is 6.57. The predicted octanol–water partition coefficient (Wildman–Crippen LogP) is 3.71. The zero-order valence-electron chi connectivity index (χ0n) is 13.3. The molecule has 0 heterocycles. The summed E-state index contributed by atoms with van der Waals surface area (Å²) in [6.45, 7) is 8.42. The van der Waals surface area contributed by atoms with Crippen LogP contribution in [0.3, 0.4) is 0 Å². The van der Waals surface area contributed by atoms with Crippen molar-refractivity contribution in [1.29, 1.82) is 0 Å². The SMILES string of the molecule is CC(CC(=O)Nc1ccccc1CCC(=O)O)C(C)(C)C. The molecule has 0 bridgehead atoms. The first-order valence-electron chi connectivity index (χ1n) is 7.29. The number of hydrogen-bond donors (Lipinski definition) is 2. The van der Waals surface area contributed by atoms with Gasteiger partial charge in [0.05, 0.1) is 0 Å². The van der Waals surface area contributed by atoms with Crippen molar-refractivity contribution in [2.24, 2.45) is 11.3 Å². The largest absolute Gasteiger partial charge is 0.481 e. The highest BCUT2D eigenvalue weighted by molar-refractivity contribution is 5.91. The molecule has 0 saturated carbocycles. The minimum Gasteiger partial charge on any atom is -0.481 e. The number of para-hydroxylation sites is 1. The number of rotatable bonds is 6. The molecule has 0 aliphatic heterocycles. The lowest BCUT2D eigenvalue weighted by Crippen LogP contribution is -2.24. The van der Waals surface area contributed by atoms with Gasteiger partial charge in [-0.05, 0) is 29.4 Å². The van der Waals surface area contributed by atoms with Crippen molar-refractivity contribution in [1.82, 2.24) is 0 Å². The highest BCUT2D eigenvalue weighted by atomic mass is 16.4. The average molecular weight is 291 g/mol. The Morgan fingerprint density at radius 3 is 2.43 bits per heavy atom. The van der Waals surface area contributed by atoms with Gasteiger partial charge in [0.1, 0.15) is 0 Å². The number of hydrogen-bond acceptors (Lipinski definition) is 2. The third-order valence-electron chi connectivity index (χ3n) is 3.87. The van der Waals surface area contributed by atoms with Gasteiger partial charge in [-0.1, -0.05) is 45.9 Å². The van der Waals surface area contributed by atoms with E-state index in [1.54, 1.807) is 0 Å². The molecular weight excluding hydrogens is 266 g/mol. The highest BCUT2D eigenvalue weighted by Gasteiger charge is 2.22. The molecule has 1 amide bonds. The first-order chi connectivity index (χ1) is 9.70. The molecule has 1 aromatic rings. The lowest BCUT2D eigenvalue weighted by molar-refractivity contribution is -0.136. The summed E-state index contributed by atoms with van der Waals surface area (Å²) in [6.07, 6.45) is 0.933. The molecule has 1 atom stereocenters. The second-order valence-corrected chi connectivity index (χ2v) is 6.57. The number of amides is 1. The number of anilines is 1. The van der Waals surface area contributed by atoms with Gasteiger partial charge < -0.3 is 10.4 Å². The number of carbonyl (C=O) groups excluding carboxylic acids is 1. The molecular formula is C17H25NO3. The fourth-order valence-electron chi connectivity index (χ4n) is 1.89. The van der Waals surface area contributed by atoms with Gasteiger partial charge in [0, 0.05) is 18.5 Å². The van der Waals surface area contributed by atoms with E-state index < -0.39 is 5.97 Å². The number of nitrogens with one attached hydrogen (secondary N) is 1. The van der Waals surface area contributed by atoms with Crippen molar-refractivity contribution in [2.45, 2.75) is 47.0 Å². The van der Waals surface area contributed by atoms with Crippen molar-refractivity contribution in [3.63, 3.8) is 0 Å². The van der Waals surface area contributed by atoms with Crippen LogP contribution >= 0.6 is 0 Å². The number of carboxylic acid groups (broad SMARTS) is 1. The molecule has 0 aliphatic carbocycles. The molecule has 0 fully saturated rings. The Bertz CT molecular complexity index is 503. The van der Waals surface area contributed by atoms with Crippen LogP contribution in [-0.4, -0.2) is 17.0 Å².